The van der Waals surface area contributed by atoms with E-state index in [2.05, 4.69) is 25.2 Å². The topological polar surface area (TPSA) is 21.3 Å². The fraction of sp³-hybridized carbons (Fsp3) is 0.571. The summed E-state index contributed by atoms with van der Waals surface area (Å²) in [6.07, 6.45) is 2.45. The van der Waals surface area contributed by atoms with E-state index in [0.29, 0.717) is 18.2 Å². The normalized spacial score (nSPS) is 26.1. The summed E-state index contributed by atoms with van der Waals surface area (Å²) in [5.74, 6) is 0. The second kappa shape index (κ2) is 5.85. The first-order chi connectivity index (χ1) is 8.15. The molecule has 1 fully saturated rings. The highest BCUT2D eigenvalue weighted by atomic mass is 35.5. The lowest BCUT2D eigenvalue weighted by Crippen LogP contribution is -2.41. The SMILES string of the molecule is CC(Cc1cccc(Cl)c1)NC1CCOC1C. The summed E-state index contributed by atoms with van der Waals surface area (Å²) in [4.78, 5) is 0. The molecule has 0 spiro atoms. The Labute approximate surface area is 108 Å². The van der Waals surface area contributed by atoms with Crippen molar-refractivity contribution in [1.82, 2.24) is 5.32 Å². The summed E-state index contributed by atoms with van der Waals surface area (Å²) in [7, 11) is 0. The summed E-state index contributed by atoms with van der Waals surface area (Å²) in [6.45, 7) is 5.23. The number of benzene rings is 1. The second-order valence-electron chi connectivity index (χ2n) is 4.87. The van der Waals surface area contributed by atoms with Crippen molar-refractivity contribution in [3.05, 3.63) is 34.9 Å². The van der Waals surface area contributed by atoms with Gasteiger partial charge >= 0.3 is 0 Å². The average Bonchev–Trinajstić information content (AvgIpc) is 2.64. The van der Waals surface area contributed by atoms with Crippen molar-refractivity contribution >= 4 is 11.6 Å². The van der Waals surface area contributed by atoms with E-state index < -0.39 is 0 Å². The predicted octanol–water partition coefficient (Wildman–Crippen LogP) is 3.04. The maximum Gasteiger partial charge on any atom is 0.0700 e. The largest absolute Gasteiger partial charge is 0.377 e. The molecule has 0 aromatic heterocycles. The van der Waals surface area contributed by atoms with Gasteiger partial charge in [0.05, 0.1) is 6.10 Å². The summed E-state index contributed by atoms with van der Waals surface area (Å²) in [5, 5.41) is 4.44. The fourth-order valence-electron chi connectivity index (χ4n) is 2.39. The van der Waals surface area contributed by atoms with Gasteiger partial charge in [-0.3, -0.25) is 0 Å². The minimum Gasteiger partial charge on any atom is -0.377 e. The first-order valence-corrected chi connectivity index (χ1v) is 6.65. The Bertz CT molecular complexity index is 369. The number of ether oxygens (including phenoxy) is 1. The first-order valence-electron chi connectivity index (χ1n) is 6.27. The molecular weight excluding hydrogens is 234 g/mol. The van der Waals surface area contributed by atoms with E-state index in [-0.39, 0.29) is 0 Å². The lowest BCUT2D eigenvalue weighted by Gasteiger charge is -2.21. The smallest absolute Gasteiger partial charge is 0.0700 e. The molecule has 17 heavy (non-hydrogen) atoms. The van der Waals surface area contributed by atoms with Crippen molar-refractivity contribution in [2.24, 2.45) is 0 Å². The monoisotopic (exact) mass is 253 g/mol. The summed E-state index contributed by atoms with van der Waals surface area (Å²) in [5.41, 5.74) is 1.28. The van der Waals surface area contributed by atoms with Gasteiger partial charge < -0.3 is 10.1 Å². The van der Waals surface area contributed by atoms with Crippen molar-refractivity contribution in [3.63, 3.8) is 0 Å². The Kier molecular flexibility index (Phi) is 4.43. The highest BCUT2D eigenvalue weighted by Crippen LogP contribution is 2.16. The molecule has 94 valence electrons. The molecule has 1 aliphatic rings. The van der Waals surface area contributed by atoms with E-state index in [4.69, 9.17) is 16.3 Å². The van der Waals surface area contributed by atoms with Crippen LogP contribution in [0.25, 0.3) is 0 Å². The van der Waals surface area contributed by atoms with Crippen LogP contribution >= 0.6 is 11.6 Å². The Morgan fingerprint density at radius 3 is 3.00 bits per heavy atom. The van der Waals surface area contributed by atoms with Crippen LogP contribution in [0.3, 0.4) is 0 Å². The Morgan fingerprint density at radius 1 is 1.53 bits per heavy atom. The summed E-state index contributed by atoms with van der Waals surface area (Å²) >= 11 is 5.98. The van der Waals surface area contributed by atoms with Gasteiger partial charge in [-0.05, 0) is 44.4 Å². The van der Waals surface area contributed by atoms with Crippen molar-refractivity contribution in [3.8, 4) is 0 Å². The van der Waals surface area contributed by atoms with Gasteiger partial charge in [0.1, 0.15) is 0 Å². The van der Waals surface area contributed by atoms with E-state index >= 15 is 0 Å². The molecule has 2 rings (SSSR count). The molecule has 0 aliphatic carbocycles. The van der Waals surface area contributed by atoms with Gasteiger partial charge in [-0.15, -0.1) is 0 Å². The number of hydrogen-bond donors (Lipinski definition) is 1. The van der Waals surface area contributed by atoms with Crippen LogP contribution < -0.4 is 5.32 Å². The molecule has 0 bridgehead atoms. The maximum atomic E-state index is 5.98. The molecule has 1 aliphatic heterocycles. The number of rotatable bonds is 4. The molecule has 1 aromatic carbocycles. The zero-order valence-corrected chi connectivity index (χ0v) is 11.2. The number of nitrogens with one attached hydrogen (secondary N) is 1. The van der Waals surface area contributed by atoms with Gasteiger partial charge in [-0.1, -0.05) is 23.7 Å². The van der Waals surface area contributed by atoms with E-state index in [9.17, 15) is 0 Å². The minimum absolute atomic E-state index is 0.330. The summed E-state index contributed by atoms with van der Waals surface area (Å²) in [6, 6.07) is 9.01. The molecule has 3 heteroatoms. The molecule has 2 nitrogen and oxygen atoms in total. The Balaban J connectivity index is 1.86. The van der Waals surface area contributed by atoms with E-state index in [1.54, 1.807) is 0 Å². The van der Waals surface area contributed by atoms with Crippen molar-refractivity contribution in [2.45, 2.75) is 44.9 Å². The lowest BCUT2D eigenvalue weighted by molar-refractivity contribution is 0.111. The first kappa shape index (κ1) is 12.9. The molecule has 1 heterocycles. The molecule has 1 aromatic rings. The molecule has 0 amide bonds. The third kappa shape index (κ3) is 3.70. The van der Waals surface area contributed by atoms with Crippen LogP contribution in [0.4, 0.5) is 0 Å². The van der Waals surface area contributed by atoms with Crippen LogP contribution in [0, 0.1) is 0 Å². The molecule has 3 unspecified atom stereocenters. The van der Waals surface area contributed by atoms with Gasteiger partial charge in [0, 0.05) is 23.7 Å². The van der Waals surface area contributed by atoms with E-state index in [0.717, 1.165) is 24.5 Å². The third-order valence-electron chi connectivity index (χ3n) is 3.31. The van der Waals surface area contributed by atoms with Gasteiger partial charge in [-0.25, -0.2) is 0 Å². The minimum atomic E-state index is 0.330. The Morgan fingerprint density at radius 2 is 2.35 bits per heavy atom. The highest BCUT2D eigenvalue weighted by Gasteiger charge is 2.24. The third-order valence-corrected chi connectivity index (χ3v) is 3.54. The van der Waals surface area contributed by atoms with Crippen LogP contribution in [-0.2, 0) is 11.2 Å². The molecule has 0 radical (unpaired) electrons. The van der Waals surface area contributed by atoms with Crippen molar-refractivity contribution in [1.29, 1.82) is 0 Å². The highest BCUT2D eigenvalue weighted by molar-refractivity contribution is 6.30. The van der Waals surface area contributed by atoms with Gasteiger partial charge in [0.15, 0.2) is 0 Å². The lowest BCUT2D eigenvalue weighted by atomic mass is 10.0. The van der Waals surface area contributed by atoms with Crippen LogP contribution in [0.1, 0.15) is 25.8 Å². The predicted molar refractivity (Wildman–Crippen MR) is 71.6 cm³/mol. The fourth-order valence-corrected chi connectivity index (χ4v) is 2.61. The molecular formula is C14H20ClNO. The number of halogens is 1. The van der Waals surface area contributed by atoms with Crippen molar-refractivity contribution < 1.29 is 4.74 Å². The van der Waals surface area contributed by atoms with Gasteiger partial charge in [0.2, 0.25) is 0 Å². The van der Waals surface area contributed by atoms with Crippen LogP contribution in [0.15, 0.2) is 24.3 Å². The van der Waals surface area contributed by atoms with Crippen LogP contribution in [0.5, 0.6) is 0 Å². The average molecular weight is 254 g/mol. The van der Waals surface area contributed by atoms with E-state index in [1.165, 1.54) is 5.56 Å². The van der Waals surface area contributed by atoms with Crippen LogP contribution in [0.2, 0.25) is 5.02 Å². The van der Waals surface area contributed by atoms with Crippen molar-refractivity contribution in [2.75, 3.05) is 6.61 Å². The van der Waals surface area contributed by atoms with E-state index in [1.807, 2.05) is 18.2 Å². The van der Waals surface area contributed by atoms with Gasteiger partial charge in [-0.2, -0.15) is 0 Å². The van der Waals surface area contributed by atoms with Crippen LogP contribution in [-0.4, -0.2) is 24.8 Å². The Hall–Kier alpha value is -0.570. The quantitative estimate of drug-likeness (QED) is 0.891. The zero-order valence-electron chi connectivity index (χ0n) is 10.4. The molecule has 1 N–H and O–H groups in total. The molecule has 1 saturated heterocycles. The summed E-state index contributed by atoms with van der Waals surface area (Å²) < 4.78 is 5.55. The second-order valence-corrected chi connectivity index (χ2v) is 5.31. The van der Waals surface area contributed by atoms with Gasteiger partial charge in [0.25, 0.3) is 0 Å². The molecule has 3 atom stereocenters. The standard InChI is InChI=1S/C14H20ClNO/c1-10(16-14-6-7-17-11(14)2)8-12-4-3-5-13(15)9-12/h3-5,9-11,14,16H,6-8H2,1-2H3. The maximum absolute atomic E-state index is 5.98. The molecule has 0 saturated carbocycles. The number of hydrogen-bond acceptors (Lipinski definition) is 2. The zero-order chi connectivity index (χ0) is 12.3.